The van der Waals surface area contributed by atoms with Gasteiger partial charge in [0, 0.05) is 24.2 Å². The Kier molecular flexibility index (Phi) is 2.32. The number of fused-ring (bicyclic) bond motifs is 1. The number of nitrogens with zero attached hydrogens (tertiary/aromatic N) is 4. The Bertz CT molecular complexity index is 828. The zero-order valence-corrected chi connectivity index (χ0v) is 10.4. The van der Waals surface area contributed by atoms with Gasteiger partial charge in [-0.05, 0) is 24.3 Å². The summed E-state index contributed by atoms with van der Waals surface area (Å²) in [6, 6.07) is 7.67. The van der Waals surface area contributed by atoms with Gasteiger partial charge in [0.1, 0.15) is 5.69 Å². The van der Waals surface area contributed by atoms with Crippen molar-refractivity contribution in [1.29, 1.82) is 0 Å². The smallest absolute Gasteiger partial charge is 0.156 e. The van der Waals surface area contributed by atoms with Crippen molar-refractivity contribution in [2.24, 2.45) is 0 Å². The Morgan fingerprint density at radius 1 is 1.00 bits per heavy atom. The summed E-state index contributed by atoms with van der Waals surface area (Å²) in [5.41, 5.74) is 4.42. The molecule has 0 aliphatic rings. The van der Waals surface area contributed by atoms with Gasteiger partial charge in [0.25, 0.3) is 0 Å². The van der Waals surface area contributed by atoms with Gasteiger partial charge in [0.2, 0.25) is 0 Å². The van der Waals surface area contributed by atoms with E-state index in [0.717, 1.165) is 33.8 Å². The van der Waals surface area contributed by atoms with Crippen LogP contribution in [0, 0.1) is 0 Å². The molecule has 0 aromatic carbocycles. The van der Waals surface area contributed by atoms with Crippen molar-refractivity contribution in [2.45, 2.75) is 0 Å². The lowest BCUT2D eigenvalue weighted by Gasteiger charge is -1.91. The molecule has 0 spiro atoms. The molecule has 0 aliphatic carbocycles. The number of H-pyrrole nitrogens is 2. The van der Waals surface area contributed by atoms with Crippen LogP contribution < -0.4 is 0 Å². The summed E-state index contributed by atoms with van der Waals surface area (Å²) in [6.45, 7) is 0. The van der Waals surface area contributed by atoms with E-state index in [0.29, 0.717) is 0 Å². The monoisotopic (exact) mass is 262 g/mol. The van der Waals surface area contributed by atoms with Crippen LogP contribution in [0.4, 0.5) is 0 Å². The molecule has 0 saturated heterocycles. The first-order valence-electron chi connectivity index (χ1n) is 6.16. The Hall–Kier alpha value is -3.02. The quantitative estimate of drug-likeness (QED) is 0.581. The van der Waals surface area contributed by atoms with Gasteiger partial charge in [-0.3, -0.25) is 15.1 Å². The van der Waals surface area contributed by atoms with Crippen molar-refractivity contribution < 1.29 is 0 Å². The maximum atomic E-state index is 4.51. The van der Waals surface area contributed by atoms with Gasteiger partial charge in [-0.15, -0.1) is 0 Å². The van der Waals surface area contributed by atoms with Gasteiger partial charge in [0.15, 0.2) is 5.82 Å². The van der Waals surface area contributed by atoms with E-state index in [9.17, 15) is 0 Å². The van der Waals surface area contributed by atoms with E-state index in [2.05, 4.69) is 30.1 Å². The standard InChI is InChI=1S/C14H10N6/c1-2-9(7-15-4-1)11-6-12(20-19-11)14-17-10-3-5-16-8-13(10)18-14/h1-8H,(H,17,18)(H,19,20). The summed E-state index contributed by atoms with van der Waals surface area (Å²) in [6.07, 6.45) is 7.00. The summed E-state index contributed by atoms with van der Waals surface area (Å²) in [5, 5.41) is 7.28. The normalized spacial score (nSPS) is 11.0. The molecule has 0 aliphatic heterocycles. The first kappa shape index (κ1) is 10.9. The van der Waals surface area contributed by atoms with Gasteiger partial charge >= 0.3 is 0 Å². The van der Waals surface area contributed by atoms with Crippen LogP contribution in [0.5, 0.6) is 0 Å². The highest BCUT2D eigenvalue weighted by Crippen LogP contribution is 2.22. The minimum atomic E-state index is 0.746. The molecule has 4 aromatic heterocycles. The molecule has 0 amide bonds. The average Bonchev–Trinajstić information content (AvgIpc) is 3.14. The van der Waals surface area contributed by atoms with E-state index < -0.39 is 0 Å². The third-order valence-corrected chi connectivity index (χ3v) is 3.07. The highest BCUT2D eigenvalue weighted by Gasteiger charge is 2.09. The van der Waals surface area contributed by atoms with Crippen LogP contribution in [0.25, 0.3) is 33.8 Å². The topological polar surface area (TPSA) is 83.1 Å². The average molecular weight is 262 g/mol. The molecule has 2 N–H and O–H groups in total. The molecule has 96 valence electrons. The second kappa shape index (κ2) is 4.27. The van der Waals surface area contributed by atoms with Crippen molar-refractivity contribution in [2.75, 3.05) is 0 Å². The molecule has 0 radical (unpaired) electrons. The van der Waals surface area contributed by atoms with Crippen LogP contribution in [0.3, 0.4) is 0 Å². The zero-order chi connectivity index (χ0) is 13.4. The number of hydrogen-bond acceptors (Lipinski definition) is 4. The van der Waals surface area contributed by atoms with Gasteiger partial charge in [-0.2, -0.15) is 5.10 Å². The lowest BCUT2D eigenvalue weighted by atomic mass is 10.2. The Balaban J connectivity index is 1.78. The fourth-order valence-electron chi connectivity index (χ4n) is 2.09. The minimum Gasteiger partial charge on any atom is -0.335 e. The summed E-state index contributed by atoms with van der Waals surface area (Å²) in [5.74, 6) is 0.746. The first-order valence-corrected chi connectivity index (χ1v) is 6.16. The third-order valence-electron chi connectivity index (χ3n) is 3.07. The van der Waals surface area contributed by atoms with Crippen molar-refractivity contribution in [3.63, 3.8) is 0 Å². The van der Waals surface area contributed by atoms with Crippen LogP contribution in [-0.2, 0) is 0 Å². The lowest BCUT2D eigenvalue weighted by molar-refractivity contribution is 1.08. The summed E-state index contributed by atoms with van der Waals surface area (Å²) in [4.78, 5) is 15.9. The molecule has 6 nitrogen and oxygen atoms in total. The first-order chi connectivity index (χ1) is 9.90. The van der Waals surface area contributed by atoms with Crippen molar-refractivity contribution in [3.8, 4) is 22.8 Å². The van der Waals surface area contributed by atoms with E-state index in [1.165, 1.54) is 0 Å². The second-order valence-corrected chi connectivity index (χ2v) is 4.39. The molecule has 0 bridgehead atoms. The Morgan fingerprint density at radius 2 is 1.95 bits per heavy atom. The summed E-state index contributed by atoms with van der Waals surface area (Å²) >= 11 is 0. The van der Waals surface area contributed by atoms with Crippen molar-refractivity contribution >= 4 is 11.0 Å². The number of pyridine rings is 2. The van der Waals surface area contributed by atoms with E-state index in [4.69, 9.17) is 0 Å². The number of nitrogens with one attached hydrogen (secondary N) is 2. The van der Waals surface area contributed by atoms with Gasteiger partial charge in [-0.25, -0.2) is 4.98 Å². The summed E-state index contributed by atoms with van der Waals surface area (Å²) < 4.78 is 0. The predicted octanol–water partition coefficient (Wildman–Crippen LogP) is 2.41. The van der Waals surface area contributed by atoms with Crippen LogP contribution in [0.1, 0.15) is 0 Å². The Labute approximate surface area is 113 Å². The van der Waals surface area contributed by atoms with Crippen LogP contribution in [0.2, 0.25) is 0 Å². The van der Waals surface area contributed by atoms with E-state index in [-0.39, 0.29) is 0 Å². The molecular weight excluding hydrogens is 252 g/mol. The largest absolute Gasteiger partial charge is 0.335 e. The lowest BCUT2D eigenvalue weighted by Crippen LogP contribution is -1.79. The van der Waals surface area contributed by atoms with Crippen LogP contribution >= 0.6 is 0 Å². The number of aromatic nitrogens is 6. The van der Waals surface area contributed by atoms with Crippen molar-refractivity contribution in [3.05, 3.63) is 49.1 Å². The highest BCUT2D eigenvalue weighted by molar-refractivity contribution is 5.78. The number of imidazole rings is 1. The SMILES string of the molecule is c1cncc(-c2cc(-c3nc4ccncc4[nH]3)[nH]n2)c1. The molecule has 0 saturated carbocycles. The number of aromatic amines is 2. The van der Waals surface area contributed by atoms with E-state index in [1.54, 1.807) is 24.8 Å². The maximum absolute atomic E-state index is 4.51. The van der Waals surface area contributed by atoms with Crippen LogP contribution in [-0.4, -0.2) is 30.1 Å². The number of hydrogen-bond donors (Lipinski definition) is 2. The summed E-state index contributed by atoms with van der Waals surface area (Å²) in [7, 11) is 0. The van der Waals surface area contributed by atoms with Gasteiger partial charge in [-0.1, -0.05) is 0 Å². The molecular formula is C14H10N6. The molecule has 20 heavy (non-hydrogen) atoms. The minimum absolute atomic E-state index is 0.746. The molecule has 6 heteroatoms. The third kappa shape index (κ3) is 1.74. The van der Waals surface area contributed by atoms with E-state index in [1.807, 2.05) is 24.3 Å². The molecule has 4 heterocycles. The maximum Gasteiger partial charge on any atom is 0.156 e. The molecule has 4 rings (SSSR count). The van der Waals surface area contributed by atoms with E-state index >= 15 is 0 Å². The van der Waals surface area contributed by atoms with Crippen molar-refractivity contribution in [1.82, 2.24) is 30.1 Å². The Morgan fingerprint density at radius 3 is 2.80 bits per heavy atom. The number of rotatable bonds is 2. The predicted molar refractivity (Wildman–Crippen MR) is 74.7 cm³/mol. The second-order valence-electron chi connectivity index (χ2n) is 4.39. The zero-order valence-electron chi connectivity index (χ0n) is 10.4. The molecule has 0 fully saturated rings. The molecule has 4 aromatic rings. The van der Waals surface area contributed by atoms with Gasteiger partial charge in [0.05, 0.1) is 22.9 Å². The molecule has 0 atom stereocenters. The van der Waals surface area contributed by atoms with Crippen LogP contribution in [0.15, 0.2) is 49.1 Å². The molecule has 0 unspecified atom stereocenters. The van der Waals surface area contributed by atoms with Gasteiger partial charge < -0.3 is 4.98 Å². The fourth-order valence-corrected chi connectivity index (χ4v) is 2.09. The highest BCUT2D eigenvalue weighted by atomic mass is 15.1. The fraction of sp³-hybridized carbons (Fsp3) is 0.